The molecule has 4 nitrogen and oxygen atoms in total. The summed E-state index contributed by atoms with van der Waals surface area (Å²) in [7, 11) is 0. The summed E-state index contributed by atoms with van der Waals surface area (Å²) in [4.78, 5) is 7.93. The molecule has 0 unspecified atom stereocenters. The second-order valence-electron chi connectivity index (χ2n) is 3.23. The minimum atomic E-state index is 0.290. The van der Waals surface area contributed by atoms with E-state index in [1.54, 1.807) is 18.3 Å². The van der Waals surface area contributed by atoms with Crippen LogP contribution in [-0.2, 0) is 6.54 Å². The zero-order valence-electron chi connectivity index (χ0n) is 8.73. The molecule has 0 radical (unpaired) electrons. The molecule has 0 atom stereocenters. The average Bonchev–Trinajstić information content (AvgIpc) is 2.32. The van der Waals surface area contributed by atoms with E-state index in [1.165, 1.54) is 12.4 Å². The molecule has 2 heterocycles. The summed E-state index contributed by atoms with van der Waals surface area (Å²) in [5.74, 6) is 0.764. The molecular formula is C11H9Cl2N3O. The van der Waals surface area contributed by atoms with Gasteiger partial charge in [0.2, 0.25) is 5.88 Å². The summed E-state index contributed by atoms with van der Waals surface area (Å²) in [6, 6.07) is 3.37. The Labute approximate surface area is 108 Å². The molecule has 17 heavy (non-hydrogen) atoms. The predicted octanol–water partition coefficient (Wildman–Crippen LogP) is 3.03. The SMILES string of the molecule is NCc1ccnc(Oc2cncc(Cl)c2)c1Cl. The lowest BCUT2D eigenvalue weighted by atomic mass is 10.3. The van der Waals surface area contributed by atoms with Crippen molar-refractivity contribution in [1.82, 2.24) is 9.97 Å². The molecule has 0 saturated heterocycles. The number of nitrogens with zero attached hydrogens (tertiary/aromatic N) is 2. The van der Waals surface area contributed by atoms with Crippen molar-refractivity contribution in [2.75, 3.05) is 0 Å². The van der Waals surface area contributed by atoms with Gasteiger partial charge in [-0.3, -0.25) is 4.98 Å². The third-order valence-corrected chi connectivity index (χ3v) is 2.66. The maximum Gasteiger partial charge on any atom is 0.238 e. The van der Waals surface area contributed by atoms with Gasteiger partial charge < -0.3 is 10.5 Å². The molecule has 0 aliphatic carbocycles. The number of aromatic nitrogens is 2. The van der Waals surface area contributed by atoms with E-state index >= 15 is 0 Å². The normalized spacial score (nSPS) is 10.3. The lowest BCUT2D eigenvalue weighted by Crippen LogP contribution is -1.99. The monoisotopic (exact) mass is 269 g/mol. The van der Waals surface area contributed by atoms with Gasteiger partial charge in [0, 0.05) is 25.0 Å². The molecule has 0 bridgehead atoms. The standard InChI is InChI=1S/C11H9Cl2N3O/c12-8-3-9(6-15-5-8)17-11-10(13)7(4-14)1-2-16-11/h1-3,5-6H,4,14H2. The molecule has 0 fully saturated rings. The van der Waals surface area contributed by atoms with Crippen LogP contribution in [-0.4, -0.2) is 9.97 Å². The molecule has 2 aromatic heterocycles. The molecule has 88 valence electrons. The van der Waals surface area contributed by atoms with Gasteiger partial charge in [0.25, 0.3) is 0 Å². The van der Waals surface area contributed by atoms with E-state index in [-0.39, 0.29) is 0 Å². The summed E-state index contributed by atoms with van der Waals surface area (Å²) in [6.45, 7) is 0.325. The van der Waals surface area contributed by atoms with Gasteiger partial charge in [0.1, 0.15) is 10.8 Å². The van der Waals surface area contributed by atoms with Crippen molar-refractivity contribution in [3.8, 4) is 11.6 Å². The van der Waals surface area contributed by atoms with Gasteiger partial charge in [0.15, 0.2) is 0 Å². The Kier molecular flexibility index (Phi) is 3.78. The van der Waals surface area contributed by atoms with Crippen LogP contribution in [0.2, 0.25) is 10.0 Å². The lowest BCUT2D eigenvalue weighted by molar-refractivity contribution is 0.460. The van der Waals surface area contributed by atoms with E-state index in [0.29, 0.717) is 28.2 Å². The Hall–Kier alpha value is -1.36. The second kappa shape index (κ2) is 5.31. The smallest absolute Gasteiger partial charge is 0.238 e. The topological polar surface area (TPSA) is 61.0 Å². The Balaban J connectivity index is 2.30. The largest absolute Gasteiger partial charge is 0.436 e. The van der Waals surface area contributed by atoms with Crippen molar-refractivity contribution in [3.05, 3.63) is 46.3 Å². The zero-order chi connectivity index (χ0) is 12.3. The number of ether oxygens (including phenoxy) is 1. The van der Waals surface area contributed by atoms with Crippen LogP contribution in [0, 0.1) is 0 Å². The lowest BCUT2D eigenvalue weighted by Gasteiger charge is -2.08. The van der Waals surface area contributed by atoms with Crippen LogP contribution in [0.4, 0.5) is 0 Å². The summed E-state index contributed by atoms with van der Waals surface area (Å²) in [5, 5.41) is 0.878. The molecule has 0 spiro atoms. The van der Waals surface area contributed by atoms with Crippen LogP contribution in [0.3, 0.4) is 0 Å². The molecule has 2 aromatic rings. The Morgan fingerprint density at radius 1 is 1.29 bits per heavy atom. The summed E-state index contributed by atoms with van der Waals surface area (Å²) >= 11 is 11.9. The summed E-state index contributed by atoms with van der Waals surface area (Å²) < 4.78 is 5.49. The van der Waals surface area contributed by atoms with Crippen molar-refractivity contribution >= 4 is 23.2 Å². The van der Waals surface area contributed by atoms with E-state index in [0.717, 1.165) is 5.56 Å². The Bertz CT molecular complexity index is 534. The first-order chi connectivity index (χ1) is 8.20. The summed E-state index contributed by atoms with van der Waals surface area (Å²) in [5.41, 5.74) is 6.31. The van der Waals surface area contributed by atoms with Gasteiger partial charge in [-0.2, -0.15) is 0 Å². The molecule has 2 rings (SSSR count). The van der Waals surface area contributed by atoms with Crippen molar-refractivity contribution in [1.29, 1.82) is 0 Å². The van der Waals surface area contributed by atoms with Crippen molar-refractivity contribution < 1.29 is 4.74 Å². The highest BCUT2D eigenvalue weighted by Crippen LogP contribution is 2.29. The number of hydrogen-bond acceptors (Lipinski definition) is 4. The minimum absolute atomic E-state index is 0.290. The molecule has 0 saturated carbocycles. The van der Waals surface area contributed by atoms with Crippen molar-refractivity contribution in [3.63, 3.8) is 0 Å². The van der Waals surface area contributed by atoms with E-state index in [1.807, 2.05) is 0 Å². The van der Waals surface area contributed by atoms with E-state index in [2.05, 4.69) is 9.97 Å². The zero-order valence-corrected chi connectivity index (χ0v) is 10.2. The van der Waals surface area contributed by atoms with E-state index in [9.17, 15) is 0 Å². The van der Waals surface area contributed by atoms with Crippen LogP contribution in [0.5, 0.6) is 11.6 Å². The molecule has 6 heteroatoms. The molecular weight excluding hydrogens is 261 g/mol. The first kappa shape index (κ1) is 12.1. The highest BCUT2D eigenvalue weighted by molar-refractivity contribution is 6.32. The minimum Gasteiger partial charge on any atom is -0.436 e. The van der Waals surface area contributed by atoms with Gasteiger partial charge in [-0.15, -0.1) is 0 Å². The number of hydrogen-bond donors (Lipinski definition) is 1. The van der Waals surface area contributed by atoms with Gasteiger partial charge in [0.05, 0.1) is 11.2 Å². The van der Waals surface area contributed by atoms with E-state index < -0.39 is 0 Å². The number of halogens is 2. The molecule has 0 aliphatic rings. The van der Waals surface area contributed by atoms with Crippen LogP contribution in [0.1, 0.15) is 5.56 Å². The maximum atomic E-state index is 6.08. The quantitative estimate of drug-likeness (QED) is 0.931. The van der Waals surface area contributed by atoms with Crippen LogP contribution < -0.4 is 10.5 Å². The Morgan fingerprint density at radius 3 is 2.82 bits per heavy atom. The highest BCUT2D eigenvalue weighted by atomic mass is 35.5. The molecule has 2 N–H and O–H groups in total. The van der Waals surface area contributed by atoms with Gasteiger partial charge in [-0.25, -0.2) is 4.98 Å². The fourth-order valence-electron chi connectivity index (χ4n) is 1.25. The summed E-state index contributed by atoms with van der Waals surface area (Å²) in [6.07, 6.45) is 4.63. The predicted molar refractivity (Wildman–Crippen MR) is 66.5 cm³/mol. The fourth-order valence-corrected chi connectivity index (χ4v) is 1.64. The number of pyridine rings is 2. The Morgan fingerprint density at radius 2 is 2.12 bits per heavy atom. The number of rotatable bonds is 3. The highest BCUT2D eigenvalue weighted by Gasteiger charge is 2.09. The maximum absolute atomic E-state index is 6.08. The van der Waals surface area contributed by atoms with Gasteiger partial charge in [-0.05, 0) is 11.6 Å². The van der Waals surface area contributed by atoms with Crippen LogP contribution in [0.25, 0.3) is 0 Å². The van der Waals surface area contributed by atoms with Crippen molar-refractivity contribution in [2.45, 2.75) is 6.54 Å². The van der Waals surface area contributed by atoms with Crippen molar-refractivity contribution in [2.24, 2.45) is 5.73 Å². The number of nitrogens with two attached hydrogens (primary N) is 1. The molecule has 0 aromatic carbocycles. The van der Waals surface area contributed by atoms with Gasteiger partial charge >= 0.3 is 0 Å². The van der Waals surface area contributed by atoms with Crippen LogP contribution in [0.15, 0.2) is 30.7 Å². The van der Waals surface area contributed by atoms with Crippen LogP contribution >= 0.6 is 23.2 Å². The third kappa shape index (κ3) is 2.85. The third-order valence-electron chi connectivity index (χ3n) is 2.05. The first-order valence-corrected chi connectivity index (χ1v) is 5.58. The second-order valence-corrected chi connectivity index (χ2v) is 4.05. The van der Waals surface area contributed by atoms with E-state index in [4.69, 9.17) is 33.7 Å². The first-order valence-electron chi connectivity index (χ1n) is 4.82. The van der Waals surface area contributed by atoms with Gasteiger partial charge in [-0.1, -0.05) is 23.2 Å². The fraction of sp³-hybridized carbons (Fsp3) is 0.0909. The molecule has 0 amide bonds. The average molecular weight is 270 g/mol. The molecule has 0 aliphatic heterocycles.